The molecule has 0 bridgehead atoms. The molecule has 6 heteroatoms. The van der Waals surface area contributed by atoms with Crippen molar-refractivity contribution >= 4 is 23.5 Å². The Bertz CT molecular complexity index is 400. The van der Waals surface area contributed by atoms with Crippen molar-refractivity contribution in [2.24, 2.45) is 0 Å². The number of hydrogen-bond donors (Lipinski definition) is 2. The molecule has 0 radical (unpaired) electrons. The molecule has 1 aromatic heterocycles. The third-order valence-corrected chi connectivity index (χ3v) is 2.43. The van der Waals surface area contributed by atoms with Crippen LogP contribution in [0.4, 0.5) is 5.95 Å². The molecule has 0 aromatic carbocycles. The van der Waals surface area contributed by atoms with Crippen LogP contribution in [-0.4, -0.2) is 28.0 Å². The lowest BCUT2D eigenvalue weighted by Crippen LogP contribution is -2.49. The van der Waals surface area contributed by atoms with E-state index >= 15 is 0 Å². The second kappa shape index (κ2) is 5.42. The fraction of sp³-hybridized carbons (Fsp3) is 0.545. The van der Waals surface area contributed by atoms with E-state index in [1.165, 1.54) is 0 Å². The van der Waals surface area contributed by atoms with E-state index in [4.69, 9.17) is 11.6 Å². The van der Waals surface area contributed by atoms with Gasteiger partial charge in [-0.1, -0.05) is 18.5 Å². The highest BCUT2D eigenvalue weighted by Gasteiger charge is 2.26. The van der Waals surface area contributed by atoms with Crippen molar-refractivity contribution in [3.63, 3.8) is 0 Å². The second-order valence-electron chi connectivity index (χ2n) is 4.27. The van der Waals surface area contributed by atoms with Crippen LogP contribution in [0.3, 0.4) is 0 Å². The molecule has 1 aromatic rings. The summed E-state index contributed by atoms with van der Waals surface area (Å²) in [5.74, 6) is 0.0343. The molecule has 2 N–H and O–H groups in total. The maximum Gasteiger partial charge on any atom is 0.246 e. The summed E-state index contributed by atoms with van der Waals surface area (Å²) in [6.07, 6.45) is 0. The van der Waals surface area contributed by atoms with Gasteiger partial charge in [0, 0.05) is 5.69 Å². The minimum Gasteiger partial charge on any atom is -0.304 e. The van der Waals surface area contributed by atoms with Gasteiger partial charge in [0.25, 0.3) is 0 Å². The predicted molar refractivity (Wildman–Crippen MR) is 68.2 cm³/mol. The molecule has 0 spiro atoms. The van der Waals surface area contributed by atoms with Crippen LogP contribution in [0.5, 0.6) is 0 Å². The summed E-state index contributed by atoms with van der Waals surface area (Å²) in [5.41, 5.74) is 0.0375. The number of halogens is 1. The van der Waals surface area contributed by atoms with Crippen LogP contribution >= 0.6 is 11.6 Å². The number of aryl methyl sites for hydroxylation is 1. The summed E-state index contributed by atoms with van der Waals surface area (Å²) in [7, 11) is 0. The van der Waals surface area contributed by atoms with E-state index in [1.54, 1.807) is 26.8 Å². The Morgan fingerprint density at radius 3 is 2.65 bits per heavy atom. The SMILES string of the molecule is CCNC(C)(C)C(=O)Nc1nc(C)cc(Cl)n1. The smallest absolute Gasteiger partial charge is 0.246 e. The number of hydrogen-bond acceptors (Lipinski definition) is 4. The van der Waals surface area contributed by atoms with Crippen LogP contribution in [0, 0.1) is 6.92 Å². The molecule has 0 atom stereocenters. The van der Waals surface area contributed by atoms with Crippen molar-refractivity contribution in [3.05, 3.63) is 16.9 Å². The van der Waals surface area contributed by atoms with E-state index in [-0.39, 0.29) is 11.9 Å². The minimum absolute atomic E-state index is 0.194. The standard InChI is InChI=1S/C11H17ClN4O/c1-5-13-11(3,4)9(17)16-10-14-7(2)6-8(12)15-10/h6,13H,5H2,1-4H3,(H,14,15,16,17). The van der Waals surface area contributed by atoms with Gasteiger partial charge in [0.1, 0.15) is 5.15 Å². The van der Waals surface area contributed by atoms with E-state index in [0.717, 1.165) is 0 Å². The Hall–Kier alpha value is -1.20. The van der Waals surface area contributed by atoms with Gasteiger partial charge < -0.3 is 5.32 Å². The van der Waals surface area contributed by atoms with Crippen molar-refractivity contribution in [2.75, 3.05) is 11.9 Å². The van der Waals surface area contributed by atoms with Crippen LogP contribution in [0.25, 0.3) is 0 Å². The zero-order chi connectivity index (χ0) is 13.1. The minimum atomic E-state index is -0.672. The molecule has 17 heavy (non-hydrogen) atoms. The number of likely N-dealkylation sites (N-methyl/N-ethyl adjacent to an activating group) is 1. The highest BCUT2D eigenvalue weighted by molar-refractivity contribution is 6.29. The van der Waals surface area contributed by atoms with Crippen LogP contribution in [0.1, 0.15) is 26.5 Å². The molecule has 0 unspecified atom stereocenters. The summed E-state index contributed by atoms with van der Waals surface area (Å²) in [5, 5.41) is 6.03. The monoisotopic (exact) mass is 256 g/mol. The zero-order valence-corrected chi connectivity index (χ0v) is 11.2. The Kier molecular flexibility index (Phi) is 4.42. The first-order valence-corrected chi connectivity index (χ1v) is 5.80. The average molecular weight is 257 g/mol. The lowest BCUT2D eigenvalue weighted by Gasteiger charge is -2.23. The summed E-state index contributed by atoms with van der Waals surface area (Å²) in [6.45, 7) is 8.02. The van der Waals surface area contributed by atoms with Crippen LogP contribution in [0.15, 0.2) is 6.07 Å². The normalized spacial score (nSPS) is 11.4. The number of nitrogens with zero attached hydrogens (tertiary/aromatic N) is 2. The van der Waals surface area contributed by atoms with Gasteiger partial charge in [-0.05, 0) is 33.4 Å². The van der Waals surface area contributed by atoms with Crippen LogP contribution < -0.4 is 10.6 Å². The molecule has 0 saturated carbocycles. The Labute approximate surface area is 106 Å². The molecule has 0 fully saturated rings. The second-order valence-corrected chi connectivity index (χ2v) is 4.65. The lowest BCUT2D eigenvalue weighted by atomic mass is 10.1. The first-order valence-electron chi connectivity index (χ1n) is 5.43. The lowest BCUT2D eigenvalue weighted by molar-refractivity contribution is -0.121. The number of amides is 1. The van der Waals surface area contributed by atoms with E-state index in [9.17, 15) is 4.79 Å². The van der Waals surface area contributed by atoms with Gasteiger partial charge in [-0.2, -0.15) is 0 Å². The van der Waals surface area contributed by atoms with Crippen molar-refractivity contribution in [1.82, 2.24) is 15.3 Å². The number of nitrogens with one attached hydrogen (secondary N) is 2. The van der Waals surface area contributed by atoms with Gasteiger partial charge in [0.15, 0.2) is 0 Å². The third kappa shape index (κ3) is 3.94. The van der Waals surface area contributed by atoms with Gasteiger partial charge in [0.2, 0.25) is 11.9 Å². The van der Waals surface area contributed by atoms with Crippen LogP contribution in [-0.2, 0) is 4.79 Å². The zero-order valence-electron chi connectivity index (χ0n) is 10.5. The molecular formula is C11H17ClN4O. The molecule has 1 heterocycles. The van der Waals surface area contributed by atoms with Gasteiger partial charge in [-0.3, -0.25) is 10.1 Å². The van der Waals surface area contributed by atoms with E-state index < -0.39 is 5.54 Å². The van der Waals surface area contributed by atoms with Crippen LogP contribution in [0.2, 0.25) is 5.15 Å². The van der Waals surface area contributed by atoms with Crippen molar-refractivity contribution in [1.29, 1.82) is 0 Å². The topological polar surface area (TPSA) is 66.9 Å². The Morgan fingerprint density at radius 1 is 1.47 bits per heavy atom. The Balaban J connectivity index is 2.80. The van der Waals surface area contributed by atoms with Crippen molar-refractivity contribution < 1.29 is 4.79 Å². The summed E-state index contributed by atoms with van der Waals surface area (Å²) in [6, 6.07) is 1.63. The van der Waals surface area contributed by atoms with E-state index in [2.05, 4.69) is 20.6 Å². The molecule has 0 aliphatic heterocycles. The predicted octanol–water partition coefficient (Wildman–Crippen LogP) is 1.77. The van der Waals surface area contributed by atoms with E-state index in [0.29, 0.717) is 17.4 Å². The number of rotatable bonds is 4. The molecule has 5 nitrogen and oxygen atoms in total. The van der Waals surface area contributed by atoms with E-state index in [1.807, 2.05) is 6.92 Å². The van der Waals surface area contributed by atoms with Crippen molar-refractivity contribution in [2.45, 2.75) is 33.2 Å². The molecule has 0 saturated heterocycles. The first kappa shape index (κ1) is 13.9. The fourth-order valence-electron chi connectivity index (χ4n) is 1.37. The number of carbonyl (C=O) groups excluding carboxylic acids is 1. The molecule has 1 amide bonds. The quantitative estimate of drug-likeness (QED) is 0.806. The molecule has 0 aliphatic carbocycles. The number of aromatic nitrogens is 2. The molecule has 0 aliphatic rings. The molecule has 1 rings (SSSR count). The van der Waals surface area contributed by atoms with Gasteiger partial charge in [-0.25, -0.2) is 9.97 Å². The summed E-state index contributed by atoms with van der Waals surface area (Å²) >= 11 is 5.79. The third-order valence-electron chi connectivity index (χ3n) is 2.23. The van der Waals surface area contributed by atoms with Gasteiger partial charge >= 0.3 is 0 Å². The average Bonchev–Trinajstić information content (AvgIpc) is 2.15. The summed E-state index contributed by atoms with van der Waals surface area (Å²) in [4.78, 5) is 20.0. The highest BCUT2D eigenvalue weighted by atomic mass is 35.5. The highest BCUT2D eigenvalue weighted by Crippen LogP contribution is 2.11. The first-order chi connectivity index (χ1) is 7.85. The number of carbonyl (C=O) groups is 1. The summed E-state index contributed by atoms with van der Waals surface area (Å²) < 4.78 is 0. The number of anilines is 1. The largest absolute Gasteiger partial charge is 0.304 e. The maximum absolute atomic E-state index is 12.0. The van der Waals surface area contributed by atoms with Gasteiger partial charge in [-0.15, -0.1) is 0 Å². The Morgan fingerprint density at radius 2 is 2.12 bits per heavy atom. The molecular weight excluding hydrogens is 240 g/mol. The van der Waals surface area contributed by atoms with Gasteiger partial charge in [0.05, 0.1) is 5.54 Å². The maximum atomic E-state index is 12.0. The fourth-order valence-corrected chi connectivity index (χ4v) is 1.60. The van der Waals surface area contributed by atoms with Crippen molar-refractivity contribution in [3.8, 4) is 0 Å². The molecule has 94 valence electrons.